The van der Waals surface area contributed by atoms with Crippen molar-refractivity contribution in [2.75, 3.05) is 13.7 Å². The zero-order valence-electron chi connectivity index (χ0n) is 15.1. The SMILES string of the molecule is CCCCCCOc1c(O)cccc1CC.COc1ccccc1. The van der Waals surface area contributed by atoms with Gasteiger partial charge in [0.15, 0.2) is 11.5 Å². The zero-order chi connectivity index (χ0) is 17.6. The number of rotatable bonds is 8. The fourth-order valence-corrected chi connectivity index (χ4v) is 2.28. The van der Waals surface area contributed by atoms with Crippen molar-refractivity contribution in [3.8, 4) is 17.2 Å². The van der Waals surface area contributed by atoms with Crippen molar-refractivity contribution in [1.29, 1.82) is 0 Å². The molecule has 2 aromatic rings. The summed E-state index contributed by atoms with van der Waals surface area (Å²) in [6.45, 7) is 4.96. The van der Waals surface area contributed by atoms with E-state index in [2.05, 4.69) is 13.8 Å². The van der Waals surface area contributed by atoms with E-state index < -0.39 is 0 Å². The average molecular weight is 330 g/mol. The number of aromatic hydroxyl groups is 1. The number of benzene rings is 2. The van der Waals surface area contributed by atoms with Gasteiger partial charge in [-0.15, -0.1) is 0 Å². The van der Waals surface area contributed by atoms with Gasteiger partial charge in [-0.3, -0.25) is 0 Å². The minimum atomic E-state index is 0.259. The molecule has 0 aliphatic heterocycles. The molecule has 0 amide bonds. The van der Waals surface area contributed by atoms with Crippen molar-refractivity contribution in [2.45, 2.75) is 46.0 Å². The molecule has 0 unspecified atom stereocenters. The molecule has 0 bridgehead atoms. The molecule has 0 fully saturated rings. The Hall–Kier alpha value is -2.16. The minimum absolute atomic E-state index is 0.259. The second-order valence-electron chi connectivity index (χ2n) is 5.55. The largest absolute Gasteiger partial charge is 0.504 e. The molecule has 0 aromatic heterocycles. The monoisotopic (exact) mass is 330 g/mol. The van der Waals surface area contributed by atoms with Crippen LogP contribution in [-0.2, 0) is 6.42 Å². The number of hydrogen-bond acceptors (Lipinski definition) is 3. The summed E-state index contributed by atoms with van der Waals surface area (Å²) in [4.78, 5) is 0. The van der Waals surface area contributed by atoms with Crippen LogP contribution < -0.4 is 9.47 Å². The summed E-state index contributed by atoms with van der Waals surface area (Å²) < 4.78 is 10.6. The maximum atomic E-state index is 9.70. The quantitative estimate of drug-likeness (QED) is 0.639. The Balaban J connectivity index is 0.000000300. The van der Waals surface area contributed by atoms with Crippen molar-refractivity contribution in [3.63, 3.8) is 0 Å². The lowest BCUT2D eigenvalue weighted by molar-refractivity contribution is 0.286. The number of methoxy groups -OCH3 is 1. The Bertz CT molecular complexity index is 552. The van der Waals surface area contributed by atoms with Crippen LogP contribution in [-0.4, -0.2) is 18.8 Å². The first-order valence-electron chi connectivity index (χ1n) is 8.75. The van der Waals surface area contributed by atoms with Crippen molar-refractivity contribution >= 4 is 0 Å². The molecule has 0 aliphatic rings. The first kappa shape index (κ1) is 19.9. The van der Waals surface area contributed by atoms with Crippen molar-refractivity contribution in [2.24, 2.45) is 0 Å². The number of phenolic OH excluding ortho intramolecular Hbond substituents is 1. The Kier molecular flexibility index (Phi) is 10.2. The number of para-hydroxylation sites is 2. The van der Waals surface area contributed by atoms with Gasteiger partial charge < -0.3 is 14.6 Å². The second kappa shape index (κ2) is 12.3. The summed E-state index contributed by atoms with van der Waals surface area (Å²) in [5, 5.41) is 9.70. The molecular formula is C21H30O3. The predicted molar refractivity (Wildman–Crippen MR) is 100 cm³/mol. The van der Waals surface area contributed by atoms with E-state index in [-0.39, 0.29) is 5.75 Å². The van der Waals surface area contributed by atoms with Crippen LogP contribution >= 0.6 is 0 Å². The smallest absolute Gasteiger partial charge is 0.164 e. The summed E-state index contributed by atoms with van der Waals surface area (Å²) >= 11 is 0. The standard InChI is InChI=1S/C14H22O2.C7H8O/c1-3-5-6-7-11-16-14-12(4-2)9-8-10-13(14)15;1-8-7-5-3-2-4-6-7/h8-10,15H,3-7,11H2,1-2H3;2-6H,1H3. The van der Waals surface area contributed by atoms with Gasteiger partial charge in [0.05, 0.1) is 13.7 Å². The number of unbranched alkanes of at least 4 members (excludes halogenated alkanes) is 3. The Morgan fingerprint density at radius 2 is 1.62 bits per heavy atom. The van der Waals surface area contributed by atoms with Crippen LogP contribution in [0, 0.1) is 0 Å². The van der Waals surface area contributed by atoms with Gasteiger partial charge in [-0.25, -0.2) is 0 Å². The lowest BCUT2D eigenvalue weighted by atomic mass is 10.1. The molecule has 0 spiro atoms. The Morgan fingerprint density at radius 3 is 2.21 bits per heavy atom. The molecule has 0 aliphatic carbocycles. The van der Waals surface area contributed by atoms with Crippen LogP contribution in [0.25, 0.3) is 0 Å². The van der Waals surface area contributed by atoms with Gasteiger partial charge >= 0.3 is 0 Å². The third-order valence-corrected chi connectivity index (χ3v) is 3.68. The molecule has 132 valence electrons. The van der Waals surface area contributed by atoms with E-state index in [1.165, 1.54) is 19.3 Å². The highest BCUT2D eigenvalue weighted by atomic mass is 16.5. The van der Waals surface area contributed by atoms with E-state index in [1.54, 1.807) is 13.2 Å². The lowest BCUT2D eigenvalue weighted by Crippen LogP contribution is -2.00. The highest BCUT2D eigenvalue weighted by molar-refractivity contribution is 5.45. The maximum absolute atomic E-state index is 9.70. The molecule has 0 saturated heterocycles. The van der Waals surface area contributed by atoms with Crippen molar-refractivity contribution in [3.05, 3.63) is 54.1 Å². The van der Waals surface area contributed by atoms with Crippen molar-refractivity contribution < 1.29 is 14.6 Å². The highest BCUT2D eigenvalue weighted by Gasteiger charge is 2.06. The van der Waals surface area contributed by atoms with Gasteiger partial charge in [0.25, 0.3) is 0 Å². The van der Waals surface area contributed by atoms with Crippen LogP contribution in [0.4, 0.5) is 0 Å². The molecule has 2 rings (SSSR count). The summed E-state index contributed by atoms with van der Waals surface area (Å²) in [5.74, 6) is 1.84. The van der Waals surface area contributed by atoms with Gasteiger partial charge in [0, 0.05) is 0 Å². The lowest BCUT2D eigenvalue weighted by Gasteiger charge is -2.11. The zero-order valence-corrected chi connectivity index (χ0v) is 15.1. The fraction of sp³-hybridized carbons (Fsp3) is 0.429. The Morgan fingerprint density at radius 1 is 0.875 bits per heavy atom. The molecule has 2 aromatic carbocycles. The van der Waals surface area contributed by atoms with Crippen LogP contribution in [0.3, 0.4) is 0 Å². The summed E-state index contributed by atoms with van der Waals surface area (Å²) in [5.41, 5.74) is 1.08. The average Bonchev–Trinajstić information content (AvgIpc) is 2.63. The number of ether oxygens (including phenoxy) is 2. The van der Waals surface area contributed by atoms with E-state index in [0.29, 0.717) is 12.4 Å². The summed E-state index contributed by atoms with van der Waals surface area (Å²) in [6.07, 6.45) is 5.64. The first-order valence-corrected chi connectivity index (χ1v) is 8.75. The molecule has 1 N–H and O–H groups in total. The van der Waals surface area contributed by atoms with Crippen molar-refractivity contribution in [1.82, 2.24) is 0 Å². The molecule has 0 saturated carbocycles. The molecular weight excluding hydrogens is 300 g/mol. The van der Waals surface area contributed by atoms with Crippen LogP contribution in [0.1, 0.15) is 45.1 Å². The molecule has 24 heavy (non-hydrogen) atoms. The van der Waals surface area contributed by atoms with Gasteiger partial charge in [0.2, 0.25) is 0 Å². The molecule has 0 radical (unpaired) electrons. The van der Waals surface area contributed by atoms with E-state index >= 15 is 0 Å². The highest BCUT2D eigenvalue weighted by Crippen LogP contribution is 2.30. The number of hydrogen-bond donors (Lipinski definition) is 1. The normalized spacial score (nSPS) is 9.79. The minimum Gasteiger partial charge on any atom is -0.504 e. The predicted octanol–water partition coefficient (Wildman–Crippen LogP) is 5.61. The van der Waals surface area contributed by atoms with Gasteiger partial charge in [-0.1, -0.05) is 63.4 Å². The van der Waals surface area contributed by atoms with Gasteiger partial charge in [0.1, 0.15) is 5.75 Å². The first-order chi connectivity index (χ1) is 11.7. The Labute approximate surface area is 146 Å². The van der Waals surface area contributed by atoms with Crippen LogP contribution in [0.15, 0.2) is 48.5 Å². The number of phenols is 1. The number of aryl methyl sites for hydroxylation is 1. The summed E-state index contributed by atoms with van der Waals surface area (Å²) in [7, 11) is 1.66. The maximum Gasteiger partial charge on any atom is 0.164 e. The second-order valence-corrected chi connectivity index (χ2v) is 5.55. The van der Waals surface area contributed by atoms with Gasteiger partial charge in [-0.2, -0.15) is 0 Å². The topological polar surface area (TPSA) is 38.7 Å². The summed E-state index contributed by atoms with van der Waals surface area (Å²) in [6, 6.07) is 15.2. The molecule has 0 atom stereocenters. The van der Waals surface area contributed by atoms with Gasteiger partial charge in [-0.05, 0) is 36.6 Å². The molecule has 3 nitrogen and oxygen atoms in total. The van der Waals surface area contributed by atoms with Crippen LogP contribution in [0.2, 0.25) is 0 Å². The third kappa shape index (κ3) is 7.40. The third-order valence-electron chi connectivity index (χ3n) is 3.68. The van der Waals surface area contributed by atoms with E-state index in [0.717, 1.165) is 24.2 Å². The molecule has 3 heteroatoms. The molecule has 0 heterocycles. The van der Waals surface area contributed by atoms with Crippen LogP contribution in [0.5, 0.6) is 17.2 Å². The van der Waals surface area contributed by atoms with E-state index in [4.69, 9.17) is 9.47 Å². The van der Waals surface area contributed by atoms with E-state index in [9.17, 15) is 5.11 Å². The fourth-order valence-electron chi connectivity index (χ4n) is 2.28. The van der Waals surface area contributed by atoms with E-state index in [1.807, 2.05) is 42.5 Å².